The average Bonchev–Trinajstić information content (AvgIpc) is 3.03. The van der Waals surface area contributed by atoms with Crippen molar-refractivity contribution in [2.24, 2.45) is 17.3 Å². The highest BCUT2D eigenvalue weighted by molar-refractivity contribution is 6.28. The summed E-state index contributed by atoms with van der Waals surface area (Å²) in [5.41, 5.74) is 0.141. The first-order valence-electron chi connectivity index (χ1n) is 8.18. The molecular weight excluding hydrogens is 391 g/mol. The number of nitrogens with zero attached hydrogens (tertiary/aromatic N) is 1. The lowest BCUT2D eigenvalue weighted by Gasteiger charge is -2.25. The largest absolute Gasteiger partial charge is 0.490 e. The maximum Gasteiger partial charge on any atom is 0.490 e. The Bertz CT molecular complexity index is 654. The molecule has 0 amide bonds. The van der Waals surface area contributed by atoms with Crippen LogP contribution in [-0.2, 0) is 16.1 Å². The van der Waals surface area contributed by atoms with E-state index in [4.69, 9.17) is 25.9 Å². The highest BCUT2D eigenvalue weighted by Gasteiger charge is 2.39. The number of rotatable bonds is 4. The number of carbonyl (C=O) groups is 2. The highest BCUT2D eigenvalue weighted by Crippen LogP contribution is 2.35. The minimum absolute atomic E-state index is 0.141. The highest BCUT2D eigenvalue weighted by atomic mass is 35.5. The van der Waals surface area contributed by atoms with E-state index < -0.39 is 18.1 Å². The summed E-state index contributed by atoms with van der Waals surface area (Å²) in [7, 11) is 0. The Labute approximate surface area is 159 Å². The molecule has 1 aliphatic rings. The van der Waals surface area contributed by atoms with E-state index in [2.05, 4.69) is 25.7 Å². The molecular formula is C17H23ClF3NO5. The van der Waals surface area contributed by atoms with E-state index >= 15 is 0 Å². The van der Waals surface area contributed by atoms with Crippen molar-refractivity contribution in [2.45, 2.75) is 39.9 Å². The van der Waals surface area contributed by atoms with Gasteiger partial charge in [0.25, 0.3) is 0 Å². The smallest absolute Gasteiger partial charge is 0.481 e. The van der Waals surface area contributed by atoms with Gasteiger partial charge in [0.15, 0.2) is 5.22 Å². The van der Waals surface area contributed by atoms with Gasteiger partial charge in [-0.05, 0) is 41.5 Å². The summed E-state index contributed by atoms with van der Waals surface area (Å²) in [5.74, 6) is -2.76. The van der Waals surface area contributed by atoms with Crippen molar-refractivity contribution in [2.75, 3.05) is 13.1 Å². The third kappa shape index (κ3) is 8.21. The average molecular weight is 414 g/mol. The summed E-state index contributed by atoms with van der Waals surface area (Å²) < 4.78 is 37.1. The molecule has 27 heavy (non-hydrogen) atoms. The normalized spacial score (nSPS) is 20.9. The Balaban J connectivity index is 0.000000445. The van der Waals surface area contributed by atoms with Crippen molar-refractivity contribution in [3.63, 3.8) is 0 Å². The van der Waals surface area contributed by atoms with Gasteiger partial charge in [0.1, 0.15) is 5.76 Å². The summed E-state index contributed by atoms with van der Waals surface area (Å²) >= 11 is 5.76. The van der Waals surface area contributed by atoms with Gasteiger partial charge in [0.2, 0.25) is 0 Å². The molecule has 0 aromatic carbocycles. The van der Waals surface area contributed by atoms with Crippen LogP contribution < -0.4 is 0 Å². The van der Waals surface area contributed by atoms with Gasteiger partial charge in [-0.1, -0.05) is 20.8 Å². The zero-order valence-corrected chi connectivity index (χ0v) is 16.0. The number of hydrogen-bond acceptors (Lipinski definition) is 4. The van der Waals surface area contributed by atoms with Crippen LogP contribution in [0.5, 0.6) is 0 Å². The van der Waals surface area contributed by atoms with Crippen LogP contribution in [0.4, 0.5) is 13.2 Å². The van der Waals surface area contributed by atoms with Crippen molar-refractivity contribution >= 4 is 23.5 Å². The molecule has 154 valence electrons. The van der Waals surface area contributed by atoms with E-state index in [1.54, 1.807) is 6.07 Å². The van der Waals surface area contributed by atoms with Crippen LogP contribution in [0.25, 0.3) is 0 Å². The summed E-state index contributed by atoms with van der Waals surface area (Å²) in [6, 6.07) is 3.56. The lowest BCUT2D eigenvalue weighted by atomic mass is 9.80. The molecule has 2 heterocycles. The fourth-order valence-corrected chi connectivity index (χ4v) is 3.18. The van der Waals surface area contributed by atoms with E-state index in [-0.39, 0.29) is 17.3 Å². The summed E-state index contributed by atoms with van der Waals surface area (Å²) in [4.78, 5) is 22.5. The van der Waals surface area contributed by atoms with Crippen molar-refractivity contribution in [3.05, 3.63) is 23.1 Å². The number of carboxylic acid groups (broad SMARTS) is 2. The SMILES string of the molecule is CC(C)(C)C[C@@H]1CN(Cc2ccc(Cl)o2)C[C@H]1C(=O)O.O=C(O)C(F)(F)F. The number of alkyl halides is 3. The first-order chi connectivity index (χ1) is 12.2. The molecule has 0 bridgehead atoms. The molecule has 1 fully saturated rings. The molecule has 1 aliphatic heterocycles. The third-order valence-corrected chi connectivity index (χ3v) is 4.16. The van der Waals surface area contributed by atoms with Gasteiger partial charge in [-0.25, -0.2) is 4.79 Å². The van der Waals surface area contributed by atoms with Gasteiger partial charge in [0, 0.05) is 13.1 Å². The van der Waals surface area contributed by atoms with Gasteiger partial charge < -0.3 is 14.6 Å². The molecule has 6 nitrogen and oxygen atoms in total. The van der Waals surface area contributed by atoms with E-state index in [0.29, 0.717) is 18.3 Å². The number of carboxylic acids is 2. The van der Waals surface area contributed by atoms with Crippen LogP contribution in [0.15, 0.2) is 16.5 Å². The summed E-state index contributed by atoms with van der Waals surface area (Å²) in [6.45, 7) is 8.46. The number of halogens is 4. The zero-order chi connectivity index (χ0) is 21.0. The molecule has 0 aliphatic carbocycles. The number of hydrogen-bond donors (Lipinski definition) is 2. The van der Waals surface area contributed by atoms with E-state index in [1.165, 1.54) is 0 Å². The first-order valence-corrected chi connectivity index (χ1v) is 8.56. The van der Waals surface area contributed by atoms with Crippen molar-refractivity contribution in [1.82, 2.24) is 4.90 Å². The van der Waals surface area contributed by atoms with Crippen molar-refractivity contribution in [3.8, 4) is 0 Å². The van der Waals surface area contributed by atoms with Gasteiger partial charge in [0.05, 0.1) is 12.5 Å². The Hall–Kier alpha value is -1.74. The first kappa shape index (κ1) is 23.3. The predicted molar refractivity (Wildman–Crippen MR) is 91.4 cm³/mol. The van der Waals surface area contributed by atoms with E-state index in [0.717, 1.165) is 18.7 Å². The Kier molecular flexibility index (Phi) is 7.74. The van der Waals surface area contributed by atoms with Gasteiger partial charge >= 0.3 is 18.1 Å². The Morgan fingerprint density at radius 3 is 2.15 bits per heavy atom. The maximum atomic E-state index is 11.4. The quantitative estimate of drug-likeness (QED) is 0.771. The molecule has 0 saturated carbocycles. The van der Waals surface area contributed by atoms with Crippen LogP contribution >= 0.6 is 11.6 Å². The lowest BCUT2D eigenvalue weighted by Crippen LogP contribution is -2.25. The zero-order valence-electron chi connectivity index (χ0n) is 15.2. The van der Waals surface area contributed by atoms with Crippen LogP contribution in [0.2, 0.25) is 5.22 Å². The molecule has 1 aromatic rings. The minimum atomic E-state index is -5.08. The molecule has 0 spiro atoms. The van der Waals surface area contributed by atoms with E-state index in [1.807, 2.05) is 6.07 Å². The second-order valence-electron chi connectivity index (χ2n) is 7.67. The maximum absolute atomic E-state index is 11.4. The molecule has 1 aromatic heterocycles. The molecule has 2 atom stereocenters. The summed E-state index contributed by atoms with van der Waals surface area (Å²) in [6.07, 6.45) is -4.17. The van der Waals surface area contributed by atoms with Gasteiger partial charge in [-0.15, -0.1) is 0 Å². The summed E-state index contributed by atoms with van der Waals surface area (Å²) in [5, 5.41) is 16.9. The Morgan fingerprint density at radius 2 is 1.78 bits per heavy atom. The van der Waals surface area contributed by atoms with Crippen LogP contribution in [0, 0.1) is 17.3 Å². The minimum Gasteiger partial charge on any atom is -0.481 e. The van der Waals surface area contributed by atoms with Crippen LogP contribution in [0.3, 0.4) is 0 Å². The number of furan rings is 1. The lowest BCUT2D eigenvalue weighted by molar-refractivity contribution is -0.192. The molecule has 2 rings (SSSR count). The molecule has 2 N–H and O–H groups in total. The molecule has 0 radical (unpaired) electrons. The fraction of sp³-hybridized carbons (Fsp3) is 0.647. The molecule has 10 heteroatoms. The van der Waals surface area contributed by atoms with Gasteiger partial charge in [-0.3, -0.25) is 9.69 Å². The second-order valence-corrected chi connectivity index (χ2v) is 8.04. The number of likely N-dealkylation sites (tertiary alicyclic amines) is 1. The van der Waals surface area contributed by atoms with Crippen LogP contribution in [-0.4, -0.2) is 46.3 Å². The standard InChI is InChI=1S/C15H22ClNO3.C2HF3O2/c1-15(2,3)6-10-7-17(9-12(10)14(18)19)8-11-4-5-13(16)20-11;3-2(4,5)1(6)7/h4-5,10,12H,6-9H2,1-3H3,(H,18,19);(H,6,7)/t10-,12-;/m1./s1. The molecule has 1 saturated heterocycles. The van der Waals surface area contributed by atoms with Crippen LogP contribution in [0.1, 0.15) is 33.0 Å². The van der Waals surface area contributed by atoms with Crippen molar-refractivity contribution < 1.29 is 37.4 Å². The van der Waals surface area contributed by atoms with E-state index in [9.17, 15) is 23.1 Å². The topological polar surface area (TPSA) is 91.0 Å². The third-order valence-electron chi connectivity index (χ3n) is 3.96. The monoisotopic (exact) mass is 413 g/mol. The Morgan fingerprint density at radius 1 is 1.22 bits per heavy atom. The number of aliphatic carboxylic acids is 2. The predicted octanol–water partition coefficient (Wildman–Crippen LogP) is 4.14. The fourth-order valence-electron chi connectivity index (χ4n) is 3.02. The van der Waals surface area contributed by atoms with Crippen molar-refractivity contribution in [1.29, 1.82) is 0 Å². The van der Waals surface area contributed by atoms with Gasteiger partial charge in [-0.2, -0.15) is 13.2 Å². The molecule has 0 unspecified atom stereocenters. The second kappa shape index (κ2) is 8.97.